The van der Waals surface area contributed by atoms with E-state index < -0.39 is 0 Å². The maximum Gasteiger partial charge on any atom is 0.232 e. The molecular weight excluding hydrogens is 414 g/mol. The molecule has 0 saturated heterocycles. The van der Waals surface area contributed by atoms with E-state index >= 15 is 0 Å². The van der Waals surface area contributed by atoms with Crippen LogP contribution in [-0.2, 0) is 11.2 Å². The predicted molar refractivity (Wildman–Crippen MR) is 122 cm³/mol. The number of H-pyrrole nitrogens is 1. The molecular formula is C22H17N5OS2. The fourth-order valence-electron chi connectivity index (χ4n) is 3.25. The molecule has 1 amide bonds. The Morgan fingerprint density at radius 3 is 2.83 bits per heavy atom. The molecule has 0 aliphatic carbocycles. The molecule has 0 spiro atoms. The third kappa shape index (κ3) is 3.74. The van der Waals surface area contributed by atoms with Gasteiger partial charge in [-0.1, -0.05) is 12.1 Å². The van der Waals surface area contributed by atoms with Gasteiger partial charge in [-0.05, 0) is 30.7 Å². The van der Waals surface area contributed by atoms with Crippen LogP contribution in [0.2, 0.25) is 0 Å². The molecule has 0 radical (unpaired) electrons. The number of aromatic nitrogens is 4. The summed E-state index contributed by atoms with van der Waals surface area (Å²) in [5.74, 6) is -0.128. The van der Waals surface area contributed by atoms with Crippen LogP contribution in [0.3, 0.4) is 0 Å². The van der Waals surface area contributed by atoms with E-state index in [1.54, 1.807) is 12.4 Å². The van der Waals surface area contributed by atoms with Crippen molar-refractivity contribution < 1.29 is 4.79 Å². The third-order valence-corrected chi connectivity index (χ3v) is 6.38. The SMILES string of the molecule is Cc1ccc2c(-c3csc(NC(=O)Cc4csc(-c5ccncc5)n4)n3)c[nH]c2c1. The highest BCUT2D eigenvalue weighted by Crippen LogP contribution is 2.31. The number of thiazole rings is 2. The first kappa shape index (κ1) is 18.7. The molecule has 0 atom stereocenters. The minimum absolute atomic E-state index is 0.128. The second-order valence-corrected chi connectivity index (χ2v) is 8.61. The summed E-state index contributed by atoms with van der Waals surface area (Å²) < 4.78 is 0. The lowest BCUT2D eigenvalue weighted by Crippen LogP contribution is -2.14. The summed E-state index contributed by atoms with van der Waals surface area (Å²) in [6, 6.07) is 10.1. The van der Waals surface area contributed by atoms with Crippen molar-refractivity contribution in [3.63, 3.8) is 0 Å². The molecule has 1 aromatic carbocycles. The van der Waals surface area contributed by atoms with E-state index in [4.69, 9.17) is 0 Å². The summed E-state index contributed by atoms with van der Waals surface area (Å²) in [4.78, 5) is 28.9. The number of carbonyl (C=O) groups is 1. The molecule has 0 bridgehead atoms. The highest BCUT2D eigenvalue weighted by Gasteiger charge is 2.13. The van der Waals surface area contributed by atoms with Gasteiger partial charge in [0.05, 0.1) is 17.8 Å². The summed E-state index contributed by atoms with van der Waals surface area (Å²) in [5.41, 5.74) is 5.91. The lowest BCUT2D eigenvalue weighted by molar-refractivity contribution is -0.115. The van der Waals surface area contributed by atoms with E-state index in [0.29, 0.717) is 5.13 Å². The summed E-state index contributed by atoms with van der Waals surface area (Å²) in [7, 11) is 0. The molecule has 30 heavy (non-hydrogen) atoms. The fourth-order valence-corrected chi connectivity index (χ4v) is 4.80. The van der Waals surface area contributed by atoms with Crippen molar-refractivity contribution in [1.82, 2.24) is 19.9 Å². The Kier molecular flexibility index (Phi) is 4.86. The number of aromatic amines is 1. The number of amides is 1. The van der Waals surface area contributed by atoms with Crippen LogP contribution in [0.5, 0.6) is 0 Å². The molecule has 0 unspecified atom stereocenters. The molecule has 4 heterocycles. The molecule has 0 saturated carbocycles. The number of fused-ring (bicyclic) bond motifs is 1. The van der Waals surface area contributed by atoms with Crippen LogP contribution in [0.1, 0.15) is 11.3 Å². The second kappa shape index (κ2) is 7.81. The maximum atomic E-state index is 12.5. The standard InChI is InChI=1S/C22H17N5OS2/c1-13-2-3-16-17(10-24-18(16)8-13)19-12-30-22(26-19)27-20(28)9-15-11-29-21(25-15)14-4-6-23-7-5-14/h2-8,10-12,24H,9H2,1H3,(H,26,27,28). The van der Waals surface area contributed by atoms with E-state index in [9.17, 15) is 4.79 Å². The number of nitrogens with one attached hydrogen (secondary N) is 2. The van der Waals surface area contributed by atoms with E-state index in [2.05, 4.69) is 50.4 Å². The first-order valence-electron chi connectivity index (χ1n) is 9.34. The maximum absolute atomic E-state index is 12.5. The van der Waals surface area contributed by atoms with E-state index in [1.165, 1.54) is 28.2 Å². The van der Waals surface area contributed by atoms with Gasteiger partial charge in [0.15, 0.2) is 5.13 Å². The zero-order valence-electron chi connectivity index (χ0n) is 16.0. The normalized spacial score (nSPS) is 11.1. The number of rotatable bonds is 5. The number of hydrogen-bond donors (Lipinski definition) is 2. The Bertz CT molecular complexity index is 1340. The van der Waals surface area contributed by atoms with Gasteiger partial charge in [0.2, 0.25) is 5.91 Å². The van der Waals surface area contributed by atoms with Gasteiger partial charge in [0, 0.05) is 51.4 Å². The number of anilines is 1. The van der Waals surface area contributed by atoms with Crippen molar-refractivity contribution >= 4 is 44.6 Å². The average molecular weight is 432 g/mol. The van der Waals surface area contributed by atoms with Crippen molar-refractivity contribution in [2.45, 2.75) is 13.3 Å². The van der Waals surface area contributed by atoms with Crippen molar-refractivity contribution in [2.75, 3.05) is 5.32 Å². The van der Waals surface area contributed by atoms with Crippen molar-refractivity contribution in [3.8, 4) is 21.8 Å². The van der Waals surface area contributed by atoms with E-state index in [-0.39, 0.29) is 12.3 Å². The zero-order valence-corrected chi connectivity index (χ0v) is 17.7. The van der Waals surface area contributed by atoms with Crippen LogP contribution in [0.4, 0.5) is 5.13 Å². The number of nitrogens with zero attached hydrogens (tertiary/aromatic N) is 3. The van der Waals surface area contributed by atoms with Crippen LogP contribution in [0.15, 0.2) is 59.7 Å². The van der Waals surface area contributed by atoms with Gasteiger partial charge < -0.3 is 10.3 Å². The van der Waals surface area contributed by atoms with Crippen LogP contribution >= 0.6 is 22.7 Å². The number of pyridine rings is 1. The quantitative estimate of drug-likeness (QED) is 0.396. The van der Waals surface area contributed by atoms with Gasteiger partial charge >= 0.3 is 0 Å². The van der Waals surface area contributed by atoms with Crippen LogP contribution in [0, 0.1) is 6.92 Å². The second-order valence-electron chi connectivity index (χ2n) is 6.89. The Morgan fingerprint density at radius 2 is 1.97 bits per heavy atom. The minimum atomic E-state index is -0.128. The lowest BCUT2D eigenvalue weighted by Gasteiger charge is -2.00. The topological polar surface area (TPSA) is 83.6 Å². The summed E-state index contributed by atoms with van der Waals surface area (Å²) in [6.07, 6.45) is 5.64. The van der Waals surface area contributed by atoms with Gasteiger partial charge in [-0.2, -0.15) is 0 Å². The van der Waals surface area contributed by atoms with Crippen molar-refractivity contribution in [2.24, 2.45) is 0 Å². The Labute approximate surface area is 180 Å². The highest BCUT2D eigenvalue weighted by atomic mass is 32.1. The monoisotopic (exact) mass is 431 g/mol. The molecule has 2 N–H and O–H groups in total. The Balaban J connectivity index is 1.28. The molecule has 5 rings (SSSR count). The predicted octanol–water partition coefficient (Wildman–Crippen LogP) is 5.30. The van der Waals surface area contributed by atoms with Gasteiger partial charge in [-0.3, -0.25) is 9.78 Å². The van der Waals surface area contributed by atoms with Gasteiger partial charge in [0.1, 0.15) is 5.01 Å². The Morgan fingerprint density at radius 1 is 1.10 bits per heavy atom. The van der Waals surface area contributed by atoms with Crippen LogP contribution in [0.25, 0.3) is 32.7 Å². The van der Waals surface area contributed by atoms with Gasteiger partial charge in [-0.25, -0.2) is 9.97 Å². The lowest BCUT2D eigenvalue weighted by atomic mass is 10.1. The number of carbonyl (C=O) groups excluding carboxylic acids is 1. The molecule has 148 valence electrons. The minimum Gasteiger partial charge on any atom is -0.360 e. The number of hydrogen-bond acceptors (Lipinski definition) is 6. The first-order valence-corrected chi connectivity index (χ1v) is 11.1. The number of benzene rings is 1. The zero-order chi connectivity index (χ0) is 20.5. The summed E-state index contributed by atoms with van der Waals surface area (Å²) >= 11 is 2.94. The molecule has 5 aromatic rings. The smallest absolute Gasteiger partial charge is 0.232 e. The highest BCUT2D eigenvalue weighted by molar-refractivity contribution is 7.14. The molecule has 0 aliphatic rings. The van der Waals surface area contributed by atoms with Crippen molar-refractivity contribution in [3.05, 3.63) is 70.9 Å². The summed E-state index contributed by atoms with van der Waals surface area (Å²) in [6.45, 7) is 2.07. The first-order chi connectivity index (χ1) is 14.7. The average Bonchev–Trinajstić information content (AvgIpc) is 3.48. The van der Waals surface area contributed by atoms with Crippen LogP contribution in [-0.4, -0.2) is 25.8 Å². The number of aryl methyl sites for hydroxylation is 1. The van der Waals surface area contributed by atoms with Crippen molar-refractivity contribution in [1.29, 1.82) is 0 Å². The molecule has 0 aliphatic heterocycles. The van der Waals surface area contributed by atoms with E-state index in [1.807, 2.05) is 29.1 Å². The van der Waals surface area contributed by atoms with Crippen LogP contribution < -0.4 is 5.32 Å². The molecule has 0 fully saturated rings. The van der Waals surface area contributed by atoms with Gasteiger partial charge in [-0.15, -0.1) is 22.7 Å². The molecule has 6 nitrogen and oxygen atoms in total. The largest absolute Gasteiger partial charge is 0.360 e. The molecule has 8 heteroatoms. The third-order valence-electron chi connectivity index (χ3n) is 4.68. The van der Waals surface area contributed by atoms with E-state index in [0.717, 1.165) is 38.4 Å². The molecule has 4 aromatic heterocycles. The summed E-state index contributed by atoms with van der Waals surface area (Å²) in [5, 5.41) is 9.35. The van der Waals surface area contributed by atoms with Gasteiger partial charge in [0.25, 0.3) is 0 Å². The fraction of sp³-hybridized carbons (Fsp3) is 0.0909. The Hall–Kier alpha value is -3.36.